The Morgan fingerprint density at radius 1 is 1.22 bits per heavy atom. The standard InChI is InChI=1S/C16H14N6S/c1-10-7-22(2)21-16(10)20-14-4-3-13-15(19-14)11(8-23-13)12-5-6-17-9-18-12/h3-9H,1-2H3,(H,19,20,21). The van der Waals surface area contributed by atoms with Crippen LogP contribution in [0, 0.1) is 6.92 Å². The van der Waals surface area contributed by atoms with Crippen molar-refractivity contribution in [2.75, 3.05) is 5.32 Å². The van der Waals surface area contributed by atoms with Gasteiger partial charge in [-0.2, -0.15) is 5.10 Å². The molecule has 114 valence electrons. The summed E-state index contributed by atoms with van der Waals surface area (Å²) < 4.78 is 2.91. The lowest BCUT2D eigenvalue weighted by Crippen LogP contribution is -1.97. The van der Waals surface area contributed by atoms with Gasteiger partial charge in [0.05, 0.1) is 15.9 Å². The van der Waals surface area contributed by atoms with E-state index >= 15 is 0 Å². The van der Waals surface area contributed by atoms with Crippen LogP contribution in [0.25, 0.3) is 21.5 Å². The summed E-state index contributed by atoms with van der Waals surface area (Å²) in [5.41, 5.74) is 3.92. The van der Waals surface area contributed by atoms with Gasteiger partial charge >= 0.3 is 0 Å². The summed E-state index contributed by atoms with van der Waals surface area (Å²) in [7, 11) is 1.90. The Morgan fingerprint density at radius 3 is 2.87 bits per heavy atom. The quantitative estimate of drug-likeness (QED) is 0.625. The van der Waals surface area contributed by atoms with Crippen LogP contribution in [0.1, 0.15) is 5.56 Å². The van der Waals surface area contributed by atoms with Crippen LogP contribution in [-0.4, -0.2) is 24.7 Å². The first-order valence-corrected chi connectivity index (χ1v) is 8.00. The van der Waals surface area contributed by atoms with Crippen LogP contribution in [0.3, 0.4) is 0 Å². The molecule has 0 fully saturated rings. The molecule has 0 saturated heterocycles. The molecule has 4 rings (SSSR count). The molecule has 0 aliphatic rings. The molecule has 0 saturated carbocycles. The second-order valence-corrected chi connectivity index (χ2v) is 6.16. The van der Waals surface area contributed by atoms with E-state index in [1.165, 1.54) is 0 Å². The fourth-order valence-electron chi connectivity index (χ4n) is 2.47. The minimum atomic E-state index is 0.771. The van der Waals surface area contributed by atoms with E-state index in [4.69, 9.17) is 4.98 Å². The first-order valence-electron chi connectivity index (χ1n) is 7.12. The molecule has 0 aromatic carbocycles. The van der Waals surface area contributed by atoms with Gasteiger partial charge in [0.1, 0.15) is 12.1 Å². The summed E-state index contributed by atoms with van der Waals surface area (Å²) >= 11 is 1.66. The number of hydrogen-bond donors (Lipinski definition) is 1. The largest absolute Gasteiger partial charge is 0.323 e. The lowest BCUT2D eigenvalue weighted by Gasteiger charge is -2.04. The molecule has 0 radical (unpaired) electrons. The van der Waals surface area contributed by atoms with Gasteiger partial charge in [-0.25, -0.2) is 15.0 Å². The van der Waals surface area contributed by atoms with Gasteiger partial charge in [0.25, 0.3) is 0 Å². The van der Waals surface area contributed by atoms with Gasteiger partial charge in [-0.05, 0) is 25.1 Å². The van der Waals surface area contributed by atoms with E-state index in [1.807, 2.05) is 32.3 Å². The fraction of sp³-hybridized carbons (Fsp3) is 0.125. The summed E-state index contributed by atoms with van der Waals surface area (Å²) in [6, 6.07) is 5.93. The number of thiophene rings is 1. The third-order valence-electron chi connectivity index (χ3n) is 3.53. The number of aryl methyl sites for hydroxylation is 2. The smallest absolute Gasteiger partial charge is 0.156 e. The fourth-order valence-corrected chi connectivity index (χ4v) is 3.36. The number of hydrogen-bond acceptors (Lipinski definition) is 6. The third-order valence-corrected chi connectivity index (χ3v) is 4.47. The first-order chi connectivity index (χ1) is 11.2. The van der Waals surface area contributed by atoms with Crippen molar-refractivity contribution in [1.29, 1.82) is 0 Å². The number of nitrogens with one attached hydrogen (secondary N) is 1. The van der Waals surface area contributed by atoms with Crippen molar-refractivity contribution in [3.8, 4) is 11.3 Å². The van der Waals surface area contributed by atoms with Crippen molar-refractivity contribution < 1.29 is 0 Å². The van der Waals surface area contributed by atoms with Gasteiger partial charge in [0, 0.05) is 35.9 Å². The lowest BCUT2D eigenvalue weighted by atomic mass is 10.2. The van der Waals surface area contributed by atoms with Gasteiger partial charge in [0.15, 0.2) is 5.82 Å². The average molecular weight is 322 g/mol. The van der Waals surface area contributed by atoms with E-state index in [2.05, 4.69) is 31.8 Å². The highest BCUT2D eigenvalue weighted by molar-refractivity contribution is 7.17. The number of pyridine rings is 1. The molecule has 7 heteroatoms. The average Bonchev–Trinajstić information content (AvgIpc) is 3.11. The molecule has 0 amide bonds. The van der Waals surface area contributed by atoms with Crippen LogP contribution < -0.4 is 5.32 Å². The predicted molar refractivity (Wildman–Crippen MR) is 91.9 cm³/mol. The Morgan fingerprint density at radius 2 is 2.13 bits per heavy atom. The molecule has 0 aliphatic heterocycles. The van der Waals surface area contributed by atoms with Gasteiger partial charge in [-0.1, -0.05) is 0 Å². The zero-order chi connectivity index (χ0) is 15.8. The maximum absolute atomic E-state index is 4.75. The Balaban J connectivity index is 1.77. The van der Waals surface area contributed by atoms with Crippen molar-refractivity contribution in [2.45, 2.75) is 6.92 Å². The van der Waals surface area contributed by atoms with Crippen molar-refractivity contribution in [3.63, 3.8) is 0 Å². The molecule has 0 unspecified atom stereocenters. The molecule has 4 aromatic heterocycles. The molecule has 0 spiro atoms. The Bertz CT molecular complexity index is 973. The van der Waals surface area contributed by atoms with E-state index in [9.17, 15) is 0 Å². The zero-order valence-corrected chi connectivity index (χ0v) is 13.5. The molecule has 1 N–H and O–H groups in total. The Kier molecular flexibility index (Phi) is 3.27. The number of fused-ring (bicyclic) bond motifs is 1. The molecule has 4 heterocycles. The summed E-state index contributed by atoms with van der Waals surface area (Å²) in [4.78, 5) is 13.0. The maximum atomic E-state index is 4.75. The van der Waals surface area contributed by atoms with E-state index in [0.717, 1.165) is 38.7 Å². The lowest BCUT2D eigenvalue weighted by molar-refractivity contribution is 0.770. The van der Waals surface area contributed by atoms with E-state index in [1.54, 1.807) is 28.5 Å². The normalized spacial score (nSPS) is 11.0. The number of anilines is 2. The molecule has 0 aliphatic carbocycles. The van der Waals surface area contributed by atoms with Crippen LogP contribution >= 0.6 is 11.3 Å². The van der Waals surface area contributed by atoms with Crippen molar-refractivity contribution in [1.82, 2.24) is 24.7 Å². The summed E-state index contributed by atoms with van der Waals surface area (Å²) in [6.07, 6.45) is 5.27. The van der Waals surface area contributed by atoms with Crippen LogP contribution in [0.4, 0.5) is 11.6 Å². The van der Waals surface area contributed by atoms with Crippen LogP contribution in [-0.2, 0) is 7.05 Å². The van der Waals surface area contributed by atoms with Crippen LogP contribution in [0.2, 0.25) is 0 Å². The van der Waals surface area contributed by atoms with Gasteiger partial charge in [0.2, 0.25) is 0 Å². The van der Waals surface area contributed by atoms with Crippen LogP contribution in [0.15, 0.2) is 42.3 Å². The van der Waals surface area contributed by atoms with Gasteiger partial charge < -0.3 is 5.32 Å². The highest BCUT2D eigenvalue weighted by atomic mass is 32.1. The molecular formula is C16H14N6S. The number of rotatable bonds is 3. The molecule has 0 bridgehead atoms. The summed E-state index contributed by atoms with van der Waals surface area (Å²) in [6.45, 7) is 2.02. The monoisotopic (exact) mass is 322 g/mol. The molecule has 23 heavy (non-hydrogen) atoms. The molecule has 4 aromatic rings. The van der Waals surface area contributed by atoms with Crippen molar-refractivity contribution in [2.24, 2.45) is 7.05 Å². The SMILES string of the molecule is Cc1cn(C)nc1Nc1ccc2scc(-c3ccncn3)c2n1. The third kappa shape index (κ3) is 2.55. The second kappa shape index (κ2) is 5.44. The predicted octanol–water partition coefficient (Wildman–Crippen LogP) is 3.54. The Labute approximate surface area is 136 Å². The molecule has 6 nitrogen and oxygen atoms in total. The second-order valence-electron chi connectivity index (χ2n) is 5.25. The minimum absolute atomic E-state index is 0.771. The van der Waals surface area contributed by atoms with Gasteiger partial charge in [-0.3, -0.25) is 4.68 Å². The van der Waals surface area contributed by atoms with Crippen molar-refractivity contribution >= 4 is 33.2 Å². The Hall–Kier alpha value is -2.80. The van der Waals surface area contributed by atoms with Gasteiger partial charge in [-0.15, -0.1) is 11.3 Å². The van der Waals surface area contributed by atoms with Crippen LogP contribution in [0.5, 0.6) is 0 Å². The van der Waals surface area contributed by atoms with E-state index in [-0.39, 0.29) is 0 Å². The molecule has 0 atom stereocenters. The van der Waals surface area contributed by atoms with E-state index in [0.29, 0.717) is 0 Å². The van der Waals surface area contributed by atoms with Crippen molar-refractivity contribution in [3.05, 3.63) is 47.9 Å². The highest BCUT2D eigenvalue weighted by Gasteiger charge is 2.11. The maximum Gasteiger partial charge on any atom is 0.156 e. The summed E-state index contributed by atoms with van der Waals surface area (Å²) in [5.74, 6) is 1.59. The summed E-state index contributed by atoms with van der Waals surface area (Å²) in [5, 5.41) is 9.76. The minimum Gasteiger partial charge on any atom is -0.323 e. The first kappa shape index (κ1) is 13.8. The molecular weight excluding hydrogens is 308 g/mol. The number of aromatic nitrogens is 5. The van der Waals surface area contributed by atoms with E-state index < -0.39 is 0 Å². The number of nitrogens with zero attached hydrogens (tertiary/aromatic N) is 5. The topological polar surface area (TPSA) is 68.5 Å². The zero-order valence-electron chi connectivity index (χ0n) is 12.7. The highest BCUT2D eigenvalue weighted by Crippen LogP contribution is 2.32.